The number of carboxylic acid groups (broad SMARTS) is 5. The molecule has 15 aromatic rings. The van der Waals surface area contributed by atoms with E-state index in [-0.39, 0.29) is 30.3 Å². The zero-order chi connectivity index (χ0) is 87.1. The number of nitrogens with zero attached hydrogens (tertiary/aromatic N) is 5. The van der Waals surface area contributed by atoms with Gasteiger partial charge < -0.3 is 98.8 Å². The highest BCUT2D eigenvalue weighted by atomic mass is 16.4. The summed E-state index contributed by atoms with van der Waals surface area (Å²) in [5.41, 5.74) is 12.4. The highest BCUT2D eigenvalue weighted by Gasteiger charge is 2.34. The van der Waals surface area contributed by atoms with Crippen LogP contribution in [0.15, 0.2) is 164 Å². The number of nitrogens with one attached hydrogen (secondary N) is 5. The highest BCUT2D eigenvalue weighted by molar-refractivity contribution is 5.97. The fourth-order valence-electron chi connectivity index (χ4n) is 15.3. The van der Waals surface area contributed by atoms with Crippen molar-refractivity contribution in [2.45, 2.75) is 99.2 Å². The molecule has 1 aliphatic rings. The Hall–Kier alpha value is -14.8. The van der Waals surface area contributed by atoms with Gasteiger partial charge >= 0.3 is 29.8 Å². The van der Waals surface area contributed by atoms with Gasteiger partial charge in [-0.15, -0.1) is 0 Å². The van der Waals surface area contributed by atoms with Crippen LogP contribution in [0, 0.1) is 13.8 Å². The molecule has 0 saturated heterocycles. The number of aryl methyl sites for hydroxylation is 9. The third kappa shape index (κ3) is 16.2. The van der Waals surface area contributed by atoms with Crippen LogP contribution in [0.25, 0.3) is 111 Å². The van der Waals surface area contributed by atoms with Crippen LogP contribution in [0.5, 0.6) is 17.2 Å². The summed E-state index contributed by atoms with van der Waals surface area (Å²) in [6.07, 6.45) is 5.68. The number of hydrogen-bond donors (Lipinski definition) is 15. The predicted molar refractivity (Wildman–Crippen MR) is 455 cm³/mol. The number of rotatable bonds is 17. The molecule has 0 aliphatic heterocycles. The van der Waals surface area contributed by atoms with Crippen molar-refractivity contribution in [3.8, 4) is 73.5 Å². The first kappa shape index (κ1) is 84.6. The smallest absolute Gasteiger partial charge is 0.345 e. The van der Waals surface area contributed by atoms with Crippen molar-refractivity contribution < 1.29 is 75.0 Å². The molecular weight excluding hydrogens is 1540 g/mol. The van der Waals surface area contributed by atoms with Crippen molar-refractivity contribution in [2.75, 3.05) is 0 Å². The monoisotopic (exact) mass is 1630 g/mol. The Bertz CT molecular complexity index is 7020. The molecule has 0 amide bonds. The molecule has 5 aromatic carbocycles. The van der Waals surface area contributed by atoms with Crippen LogP contribution >= 0.6 is 0 Å². The molecule has 618 valence electrons. The molecule has 15 N–H and O–H groups in total. The van der Waals surface area contributed by atoms with Crippen LogP contribution < -0.4 is 27.8 Å². The van der Waals surface area contributed by atoms with E-state index in [0.29, 0.717) is 76.4 Å². The second-order valence-corrected chi connectivity index (χ2v) is 29.3. The number of aromatic amines is 5. The van der Waals surface area contributed by atoms with Crippen molar-refractivity contribution in [2.24, 2.45) is 35.2 Å². The SMILES string of the molecule is CCc1c(-c2ccc3c(c2)cc(C)n3C)[nH]c(=O)c(C(=O)O)c1O.CCc1c(-c2ccc3c(c2)cc(CO)n3C)[nH]c(=O)c(C(=O)O)c1O.CCc1cc(C(=O)O)c(=O)[nH]c1-c1ccc2c(c1)cc(C)n2C.CCc1cc(C(=O)O)c(=O)[nH]c1-c1ccc2c(c1)cc(CO)n2C.Cn1ccc2cc(-c3[nH]c(=O)c(C(=O)O)c(O)c3C3CC3)ccc21. The molecule has 0 spiro atoms. The molecule has 30 heteroatoms. The second kappa shape index (κ2) is 34.2. The molecule has 0 atom stereocenters. The van der Waals surface area contributed by atoms with Gasteiger partial charge in [0.25, 0.3) is 27.8 Å². The summed E-state index contributed by atoms with van der Waals surface area (Å²) in [6, 6.07) is 41.4. The first-order valence-electron chi connectivity index (χ1n) is 38.3. The number of hydrogen-bond acceptors (Lipinski definition) is 15. The van der Waals surface area contributed by atoms with Gasteiger partial charge in [0, 0.05) is 135 Å². The van der Waals surface area contributed by atoms with Crippen molar-refractivity contribution >= 4 is 84.4 Å². The highest BCUT2D eigenvalue weighted by Crippen LogP contribution is 2.49. The van der Waals surface area contributed by atoms with E-state index in [1.54, 1.807) is 19.9 Å². The van der Waals surface area contributed by atoms with E-state index in [0.717, 1.165) is 124 Å². The maximum Gasteiger partial charge on any atom is 0.345 e. The first-order chi connectivity index (χ1) is 57.1. The van der Waals surface area contributed by atoms with Crippen LogP contribution in [0.1, 0.15) is 149 Å². The van der Waals surface area contributed by atoms with Gasteiger partial charge in [0.1, 0.15) is 28.4 Å². The molecule has 1 fully saturated rings. The summed E-state index contributed by atoms with van der Waals surface area (Å²) in [7, 11) is 9.67. The second-order valence-electron chi connectivity index (χ2n) is 29.3. The maximum absolute atomic E-state index is 12.1. The van der Waals surface area contributed by atoms with Crippen LogP contribution in [-0.2, 0) is 74.1 Å². The molecule has 0 unspecified atom stereocenters. The lowest BCUT2D eigenvalue weighted by molar-refractivity contribution is 0.0680. The number of aromatic nitrogens is 10. The number of pyridine rings is 5. The number of carbonyl (C=O) groups is 5. The van der Waals surface area contributed by atoms with E-state index in [2.05, 4.69) is 40.1 Å². The van der Waals surface area contributed by atoms with Crippen LogP contribution in [-0.4, -0.2) is 129 Å². The Morgan fingerprint density at radius 3 is 1.02 bits per heavy atom. The van der Waals surface area contributed by atoms with E-state index in [4.69, 9.17) is 20.4 Å². The van der Waals surface area contributed by atoms with E-state index in [1.807, 2.05) is 192 Å². The van der Waals surface area contributed by atoms with Gasteiger partial charge in [0.05, 0.1) is 41.7 Å². The lowest BCUT2D eigenvalue weighted by atomic mass is 9.98. The molecule has 30 nitrogen and oxygen atoms in total. The average molecular weight is 1630 g/mol. The summed E-state index contributed by atoms with van der Waals surface area (Å²) < 4.78 is 9.95. The molecule has 1 saturated carbocycles. The van der Waals surface area contributed by atoms with Gasteiger partial charge in [-0.25, -0.2) is 24.0 Å². The number of benzene rings is 5. The summed E-state index contributed by atoms with van der Waals surface area (Å²) in [4.78, 5) is 130. The third-order valence-electron chi connectivity index (χ3n) is 22.1. The lowest BCUT2D eigenvalue weighted by Gasteiger charge is -2.13. The van der Waals surface area contributed by atoms with Crippen LogP contribution in [0.4, 0.5) is 0 Å². The molecule has 10 heterocycles. The predicted octanol–water partition coefficient (Wildman–Crippen LogP) is 13.0. The van der Waals surface area contributed by atoms with Gasteiger partial charge in [-0.1, -0.05) is 58.0 Å². The van der Waals surface area contributed by atoms with Gasteiger partial charge in [0.15, 0.2) is 16.7 Å². The third-order valence-corrected chi connectivity index (χ3v) is 22.1. The van der Waals surface area contributed by atoms with Crippen molar-refractivity contribution in [1.82, 2.24) is 47.8 Å². The molecule has 0 radical (unpaired) electrons. The minimum atomic E-state index is -1.47. The van der Waals surface area contributed by atoms with Gasteiger partial charge in [-0.2, -0.15) is 0 Å². The Balaban J connectivity index is 0.000000138. The fraction of sp³-hybridized carbons (Fsp3) is 0.222. The molecule has 16 rings (SSSR count). The summed E-state index contributed by atoms with van der Waals surface area (Å²) in [5, 5.41) is 100. The summed E-state index contributed by atoms with van der Waals surface area (Å²) >= 11 is 0. The van der Waals surface area contributed by atoms with E-state index >= 15 is 0 Å². The molecule has 1 aliphatic carbocycles. The topological polar surface area (TPSA) is 477 Å². The molecule has 120 heavy (non-hydrogen) atoms. The zero-order valence-corrected chi connectivity index (χ0v) is 67.3. The van der Waals surface area contributed by atoms with E-state index < -0.39 is 91.6 Å². The largest absolute Gasteiger partial charge is 0.506 e. The number of aliphatic hydroxyl groups is 2. The van der Waals surface area contributed by atoms with Crippen molar-refractivity contribution in [3.63, 3.8) is 0 Å². The van der Waals surface area contributed by atoms with Gasteiger partial charge in [-0.05, 0) is 200 Å². The fourth-order valence-corrected chi connectivity index (χ4v) is 15.3. The Labute approximate surface area is 681 Å². The van der Waals surface area contributed by atoms with Crippen molar-refractivity contribution in [3.05, 3.63) is 270 Å². The lowest BCUT2D eigenvalue weighted by Crippen LogP contribution is -2.20. The first-order valence-corrected chi connectivity index (χ1v) is 38.3. The minimum Gasteiger partial charge on any atom is -0.506 e. The molecule has 0 bridgehead atoms. The van der Waals surface area contributed by atoms with Gasteiger partial charge in [0.2, 0.25) is 0 Å². The van der Waals surface area contributed by atoms with Gasteiger partial charge in [-0.3, -0.25) is 24.0 Å². The molecule has 10 aromatic heterocycles. The number of aromatic hydroxyl groups is 3. The van der Waals surface area contributed by atoms with Crippen LogP contribution in [0.3, 0.4) is 0 Å². The van der Waals surface area contributed by atoms with E-state index in [9.17, 15) is 78.6 Å². The summed E-state index contributed by atoms with van der Waals surface area (Å²) in [5.74, 6) is -8.05. The Kier molecular flexibility index (Phi) is 24.1. The number of aromatic carboxylic acids is 5. The maximum atomic E-state index is 12.1. The minimum absolute atomic E-state index is 0.0507. The quantitative estimate of drug-likeness (QED) is 0.0402. The number of carboxylic acids is 5. The van der Waals surface area contributed by atoms with Crippen LogP contribution in [0.2, 0.25) is 0 Å². The van der Waals surface area contributed by atoms with E-state index in [1.165, 1.54) is 12.1 Å². The van der Waals surface area contributed by atoms with Crippen molar-refractivity contribution in [1.29, 1.82) is 0 Å². The summed E-state index contributed by atoms with van der Waals surface area (Å²) in [6.45, 7) is 11.3. The number of fused-ring (bicyclic) bond motifs is 5. The normalized spacial score (nSPS) is 11.7. The standard InChI is InChI=1S/C18H18N2O5.C18H16N2O4.2C18H18N2O4.C18H18N2O3/c1-3-12-15(19-17(23)14(16(12)22)18(24)25)9-4-5-13-10(6-9)7-11(8-21)20(13)2;1-20-7-6-10-8-11(4-5-12(10)20)15-13(9-2-3-9)16(21)14(18(23)24)17(22)19-15;1-4-12-15(19-17(22)14(16(12)21)18(23)24)10-5-6-13-11(8-10)7-9(2)20(13)3;1-3-10-8-14(18(23)24)17(22)19-16(10)11-4-5-15-12(6-11)7-13(9-21)20(15)2;1-4-11-9-14(18(22)23)17(21)19-16(11)12-5-6-15-13(8-12)7-10(2)20(15)3/h4-7,21H,3,8H2,1-2H3,(H,24,25)(H2,19,22,23);4-9H,2-3H2,1H3,(H,23,24)(H2,19,21,22);5-8H,4H2,1-3H3,(H,23,24)(H2,19,21,22);4-8,21H,3,9H2,1-2H3,(H,19,22)(H,23,24);5-9H,4H2,1-3H3,(H,19,21)(H,22,23). The number of aliphatic hydroxyl groups excluding tert-OH is 2. The Morgan fingerprint density at radius 2 is 0.675 bits per heavy atom. The Morgan fingerprint density at radius 1 is 0.358 bits per heavy atom. The average Bonchev–Trinajstić information content (AvgIpc) is 1.56. The zero-order valence-electron chi connectivity index (χ0n) is 67.3. The number of H-pyrrole nitrogens is 5. The molecular formula is C90H88N10O20.